The summed E-state index contributed by atoms with van der Waals surface area (Å²) >= 11 is 0. The van der Waals surface area contributed by atoms with Gasteiger partial charge in [-0.05, 0) is 12.3 Å². The average molecular weight is 145 g/mol. The number of methoxy groups -OCH3 is 1. The van der Waals surface area contributed by atoms with E-state index in [4.69, 9.17) is 10.5 Å². The highest BCUT2D eigenvalue weighted by atomic mass is 16.5. The molecule has 1 amide bonds. The quantitative estimate of drug-likeness (QED) is 0.627. The molecule has 0 bridgehead atoms. The van der Waals surface area contributed by atoms with Gasteiger partial charge >= 0.3 is 0 Å². The van der Waals surface area contributed by atoms with Crippen LogP contribution in [0, 0.1) is 5.92 Å². The van der Waals surface area contributed by atoms with Gasteiger partial charge in [0.05, 0.1) is 0 Å². The van der Waals surface area contributed by atoms with Gasteiger partial charge in [-0.3, -0.25) is 4.79 Å². The molecule has 2 N–H and O–H groups in total. The first-order valence-electron chi connectivity index (χ1n) is 3.40. The Labute approximate surface area is 61.5 Å². The van der Waals surface area contributed by atoms with Crippen LogP contribution < -0.4 is 5.73 Å². The van der Waals surface area contributed by atoms with Gasteiger partial charge in [-0.25, -0.2) is 0 Å². The topological polar surface area (TPSA) is 52.3 Å². The lowest BCUT2D eigenvalue weighted by molar-refractivity contribution is -0.128. The van der Waals surface area contributed by atoms with E-state index in [1.807, 2.05) is 13.8 Å². The number of rotatable bonds is 4. The number of carbonyl (C=O) groups is 1. The Morgan fingerprint density at radius 3 is 2.20 bits per heavy atom. The van der Waals surface area contributed by atoms with Gasteiger partial charge in [-0.1, -0.05) is 13.8 Å². The fraction of sp³-hybridized carbons (Fsp3) is 0.857. The first-order valence-corrected chi connectivity index (χ1v) is 3.40. The second-order valence-corrected chi connectivity index (χ2v) is 2.76. The summed E-state index contributed by atoms with van der Waals surface area (Å²) in [5, 5.41) is 0. The highest BCUT2D eigenvalue weighted by Crippen LogP contribution is 2.06. The summed E-state index contributed by atoms with van der Waals surface area (Å²) in [5.74, 6) is 0.0636. The van der Waals surface area contributed by atoms with Crippen LogP contribution in [-0.4, -0.2) is 19.1 Å². The van der Waals surface area contributed by atoms with E-state index in [2.05, 4.69) is 0 Å². The fourth-order valence-corrected chi connectivity index (χ4v) is 0.757. The molecule has 0 aromatic heterocycles. The molecule has 1 atom stereocenters. The summed E-state index contributed by atoms with van der Waals surface area (Å²) in [6.45, 7) is 4.05. The average Bonchev–Trinajstić information content (AvgIpc) is 1.81. The Morgan fingerprint density at radius 1 is 1.60 bits per heavy atom. The Kier molecular flexibility index (Phi) is 4.03. The second-order valence-electron chi connectivity index (χ2n) is 2.76. The van der Waals surface area contributed by atoms with Gasteiger partial charge in [-0.2, -0.15) is 0 Å². The summed E-state index contributed by atoms with van der Waals surface area (Å²) < 4.78 is 4.85. The van der Waals surface area contributed by atoms with Crippen molar-refractivity contribution in [2.45, 2.75) is 26.4 Å². The van der Waals surface area contributed by atoms with Crippen LogP contribution in [0.1, 0.15) is 20.3 Å². The minimum Gasteiger partial charge on any atom is -0.372 e. The predicted octanol–water partition coefficient (Wildman–Crippen LogP) is 0.533. The summed E-state index contributed by atoms with van der Waals surface area (Å²) in [6, 6.07) is 0. The van der Waals surface area contributed by atoms with E-state index in [1.165, 1.54) is 7.11 Å². The van der Waals surface area contributed by atoms with E-state index in [-0.39, 0.29) is 5.91 Å². The van der Waals surface area contributed by atoms with Crippen molar-refractivity contribution in [2.24, 2.45) is 11.7 Å². The third-order valence-corrected chi connectivity index (χ3v) is 1.29. The summed E-state index contributed by atoms with van der Waals surface area (Å²) in [5.41, 5.74) is 5.03. The molecule has 0 unspecified atom stereocenters. The van der Waals surface area contributed by atoms with Gasteiger partial charge in [0.25, 0.3) is 0 Å². The summed E-state index contributed by atoms with van der Waals surface area (Å²) in [4.78, 5) is 10.6. The highest BCUT2D eigenvalue weighted by molar-refractivity contribution is 5.78. The molecule has 0 saturated heterocycles. The number of ether oxygens (including phenoxy) is 1. The first-order chi connectivity index (χ1) is 4.57. The van der Waals surface area contributed by atoms with E-state index in [0.717, 1.165) is 0 Å². The van der Waals surface area contributed by atoms with Crippen LogP contribution in [0.5, 0.6) is 0 Å². The lowest BCUT2D eigenvalue weighted by Crippen LogP contribution is -2.31. The maximum Gasteiger partial charge on any atom is 0.246 e. The molecule has 0 radical (unpaired) electrons. The molecule has 0 aliphatic carbocycles. The Morgan fingerprint density at radius 2 is 2.10 bits per heavy atom. The minimum absolute atomic E-state index is 0.379. The maximum absolute atomic E-state index is 10.6. The van der Waals surface area contributed by atoms with Crippen LogP contribution in [0.2, 0.25) is 0 Å². The second kappa shape index (κ2) is 4.28. The third-order valence-electron chi connectivity index (χ3n) is 1.29. The highest BCUT2D eigenvalue weighted by Gasteiger charge is 2.14. The molecule has 0 aliphatic heterocycles. The van der Waals surface area contributed by atoms with Crippen molar-refractivity contribution in [3.05, 3.63) is 0 Å². The number of nitrogens with two attached hydrogens (primary N) is 1. The molecular weight excluding hydrogens is 130 g/mol. The van der Waals surface area contributed by atoms with Crippen molar-refractivity contribution in [1.29, 1.82) is 0 Å². The Hall–Kier alpha value is -0.570. The van der Waals surface area contributed by atoms with Crippen LogP contribution in [0.15, 0.2) is 0 Å². The SMILES string of the molecule is CO[C@H](CC(C)C)C(N)=O. The number of hydrogen-bond acceptors (Lipinski definition) is 2. The molecular formula is C7H15NO2. The third kappa shape index (κ3) is 3.45. The Bertz CT molecular complexity index is 112. The zero-order chi connectivity index (χ0) is 8.15. The molecule has 0 rings (SSSR count). The van der Waals surface area contributed by atoms with Crippen molar-refractivity contribution in [3.63, 3.8) is 0 Å². The van der Waals surface area contributed by atoms with E-state index in [0.29, 0.717) is 12.3 Å². The molecule has 10 heavy (non-hydrogen) atoms. The van der Waals surface area contributed by atoms with E-state index in [1.54, 1.807) is 0 Å². The standard InChI is InChI=1S/C7H15NO2/c1-5(2)4-6(10-3)7(8)9/h5-6H,4H2,1-3H3,(H2,8,9)/t6-/m1/s1. The maximum atomic E-state index is 10.6. The molecule has 3 nitrogen and oxygen atoms in total. The lowest BCUT2D eigenvalue weighted by atomic mass is 10.1. The molecule has 0 aromatic rings. The van der Waals surface area contributed by atoms with Crippen LogP contribution in [0.4, 0.5) is 0 Å². The van der Waals surface area contributed by atoms with E-state index >= 15 is 0 Å². The molecule has 0 spiro atoms. The van der Waals surface area contributed by atoms with Crippen LogP contribution in [-0.2, 0) is 9.53 Å². The van der Waals surface area contributed by atoms with Crippen molar-refractivity contribution in [3.8, 4) is 0 Å². The van der Waals surface area contributed by atoms with Crippen molar-refractivity contribution < 1.29 is 9.53 Å². The number of amides is 1. The van der Waals surface area contributed by atoms with Gasteiger partial charge in [-0.15, -0.1) is 0 Å². The van der Waals surface area contributed by atoms with Crippen molar-refractivity contribution >= 4 is 5.91 Å². The van der Waals surface area contributed by atoms with Crippen LogP contribution >= 0.6 is 0 Å². The Balaban J connectivity index is 3.72. The first kappa shape index (κ1) is 9.43. The number of hydrogen-bond donors (Lipinski definition) is 1. The zero-order valence-electron chi connectivity index (χ0n) is 6.76. The minimum atomic E-state index is -0.417. The largest absolute Gasteiger partial charge is 0.372 e. The molecule has 3 heteroatoms. The van der Waals surface area contributed by atoms with E-state index < -0.39 is 6.10 Å². The fourth-order valence-electron chi connectivity index (χ4n) is 0.757. The smallest absolute Gasteiger partial charge is 0.246 e. The normalized spacial score (nSPS) is 13.6. The van der Waals surface area contributed by atoms with Gasteiger partial charge in [0.2, 0.25) is 5.91 Å². The summed E-state index contributed by atoms with van der Waals surface area (Å²) in [6.07, 6.45) is 0.284. The monoisotopic (exact) mass is 145 g/mol. The molecule has 0 heterocycles. The van der Waals surface area contributed by atoms with Gasteiger partial charge in [0.15, 0.2) is 0 Å². The molecule has 0 aromatic carbocycles. The number of carbonyl (C=O) groups excluding carboxylic acids is 1. The molecule has 0 saturated carbocycles. The molecule has 0 aliphatic rings. The molecule has 60 valence electrons. The number of primary amides is 1. The van der Waals surface area contributed by atoms with Crippen molar-refractivity contribution in [1.82, 2.24) is 0 Å². The molecule has 0 fully saturated rings. The summed E-state index contributed by atoms with van der Waals surface area (Å²) in [7, 11) is 1.50. The van der Waals surface area contributed by atoms with Crippen molar-refractivity contribution in [2.75, 3.05) is 7.11 Å². The zero-order valence-corrected chi connectivity index (χ0v) is 6.76. The van der Waals surface area contributed by atoms with Gasteiger partial charge in [0.1, 0.15) is 6.10 Å². The van der Waals surface area contributed by atoms with E-state index in [9.17, 15) is 4.79 Å². The van der Waals surface area contributed by atoms with Crippen LogP contribution in [0.3, 0.4) is 0 Å². The lowest BCUT2D eigenvalue weighted by Gasteiger charge is -2.12. The predicted molar refractivity (Wildman–Crippen MR) is 39.4 cm³/mol. The van der Waals surface area contributed by atoms with Gasteiger partial charge < -0.3 is 10.5 Å². The van der Waals surface area contributed by atoms with Crippen LogP contribution in [0.25, 0.3) is 0 Å². The van der Waals surface area contributed by atoms with Gasteiger partial charge in [0, 0.05) is 7.11 Å².